The molecule has 0 aromatic carbocycles. The van der Waals surface area contributed by atoms with Crippen molar-refractivity contribution in [2.45, 2.75) is 38.6 Å². The Morgan fingerprint density at radius 3 is 2.63 bits per heavy atom. The molecule has 0 radical (unpaired) electrons. The third-order valence-corrected chi connectivity index (χ3v) is 3.23. The zero-order valence-corrected chi connectivity index (χ0v) is 11.0. The zero-order valence-electron chi connectivity index (χ0n) is 11.0. The van der Waals surface area contributed by atoms with Crippen LogP contribution in [0.1, 0.15) is 53.5 Å². The molecule has 1 aliphatic carbocycles. The van der Waals surface area contributed by atoms with Crippen molar-refractivity contribution >= 4 is 11.9 Å². The van der Waals surface area contributed by atoms with E-state index in [2.05, 4.69) is 11.9 Å². The van der Waals surface area contributed by atoms with Crippen LogP contribution in [0.3, 0.4) is 0 Å². The van der Waals surface area contributed by atoms with Crippen molar-refractivity contribution in [1.29, 1.82) is 0 Å². The fraction of sp³-hybridized carbons (Fsp3) is 0.500. The Morgan fingerprint density at radius 1 is 1.42 bits per heavy atom. The van der Waals surface area contributed by atoms with Gasteiger partial charge in [0.1, 0.15) is 5.69 Å². The second-order valence-electron chi connectivity index (χ2n) is 4.82. The standard InChI is InChI=1S/C14H18N2O3/c1-2-3-8-16(11-5-6-11)13(17)10-4-7-12(14(18)19)15-9-10/h4,7,9,11H,2-3,5-6,8H2,1H3,(H,18,19). The average Bonchev–Trinajstić information content (AvgIpc) is 3.23. The molecular weight excluding hydrogens is 244 g/mol. The lowest BCUT2D eigenvalue weighted by atomic mass is 10.2. The summed E-state index contributed by atoms with van der Waals surface area (Å²) in [6, 6.07) is 3.28. The molecule has 0 unspecified atom stereocenters. The lowest BCUT2D eigenvalue weighted by Crippen LogP contribution is -2.34. The van der Waals surface area contributed by atoms with Crippen molar-refractivity contribution in [2.24, 2.45) is 0 Å². The molecule has 2 rings (SSSR count). The number of carboxylic acid groups (broad SMARTS) is 1. The van der Waals surface area contributed by atoms with Gasteiger partial charge in [-0.3, -0.25) is 4.79 Å². The molecule has 5 heteroatoms. The first kappa shape index (κ1) is 13.5. The van der Waals surface area contributed by atoms with E-state index in [0.29, 0.717) is 11.6 Å². The van der Waals surface area contributed by atoms with Crippen molar-refractivity contribution in [1.82, 2.24) is 9.88 Å². The van der Waals surface area contributed by atoms with Crippen LogP contribution in [-0.4, -0.2) is 39.5 Å². The first-order valence-corrected chi connectivity index (χ1v) is 6.63. The summed E-state index contributed by atoms with van der Waals surface area (Å²) in [5, 5.41) is 8.78. The first-order valence-electron chi connectivity index (χ1n) is 6.63. The lowest BCUT2D eigenvalue weighted by molar-refractivity contribution is 0.0686. The second kappa shape index (κ2) is 5.82. The summed E-state index contributed by atoms with van der Waals surface area (Å²) in [5.41, 5.74) is 0.427. The van der Waals surface area contributed by atoms with E-state index in [-0.39, 0.29) is 11.6 Å². The molecule has 1 aliphatic rings. The fourth-order valence-corrected chi connectivity index (χ4v) is 1.98. The molecule has 0 spiro atoms. The van der Waals surface area contributed by atoms with Gasteiger partial charge < -0.3 is 10.0 Å². The molecule has 1 aromatic rings. The molecule has 1 saturated carbocycles. The van der Waals surface area contributed by atoms with E-state index >= 15 is 0 Å². The zero-order chi connectivity index (χ0) is 13.8. The van der Waals surface area contributed by atoms with Crippen LogP contribution in [0.25, 0.3) is 0 Å². The van der Waals surface area contributed by atoms with Gasteiger partial charge in [-0.1, -0.05) is 13.3 Å². The molecule has 0 atom stereocenters. The Kier molecular flexibility index (Phi) is 4.14. The topological polar surface area (TPSA) is 70.5 Å². The molecule has 1 aromatic heterocycles. The summed E-state index contributed by atoms with van der Waals surface area (Å²) in [6.45, 7) is 2.86. The Labute approximate surface area is 112 Å². The van der Waals surface area contributed by atoms with Crippen molar-refractivity contribution in [3.8, 4) is 0 Å². The minimum absolute atomic E-state index is 0.0388. The van der Waals surface area contributed by atoms with Gasteiger partial charge in [0.15, 0.2) is 0 Å². The summed E-state index contributed by atoms with van der Waals surface area (Å²) in [6.07, 6.45) is 5.52. The minimum Gasteiger partial charge on any atom is -0.477 e. The van der Waals surface area contributed by atoms with Crippen molar-refractivity contribution in [2.75, 3.05) is 6.54 Å². The number of rotatable bonds is 6. The van der Waals surface area contributed by atoms with Gasteiger partial charge in [0.25, 0.3) is 5.91 Å². The van der Waals surface area contributed by atoms with Gasteiger partial charge in [-0.15, -0.1) is 0 Å². The van der Waals surface area contributed by atoms with Crippen molar-refractivity contribution in [3.63, 3.8) is 0 Å². The number of amides is 1. The molecule has 102 valence electrons. The van der Waals surface area contributed by atoms with Crippen LogP contribution >= 0.6 is 0 Å². The van der Waals surface area contributed by atoms with Crippen molar-refractivity contribution < 1.29 is 14.7 Å². The summed E-state index contributed by atoms with van der Waals surface area (Å²) in [5.74, 6) is -1.12. The van der Waals surface area contributed by atoms with Crippen LogP contribution in [0.5, 0.6) is 0 Å². The van der Waals surface area contributed by atoms with E-state index in [4.69, 9.17) is 5.11 Å². The third-order valence-electron chi connectivity index (χ3n) is 3.23. The summed E-state index contributed by atoms with van der Waals surface area (Å²) in [7, 11) is 0. The number of aromatic carboxylic acids is 1. The highest BCUT2D eigenvalue weighted by Crippen LogP contribution is 2.28. The van der Waals surface area contributed by atoms with Gasteiger partial charge in [0.2, 0.25) is 0 Å². The average molecular weight is 262 g/mol. The smallest absolute Gasteiger partial charge is 0.354 e. The van der Waals surface area contributed by atoms with E-state index in [9.17, 15) is 9.59 Å². The number of aromatic nitrogens is 1. The predicted molar refractivity (Wildman–Crippen MR) is 70.2 cm³/mol. The molecule has 0 bridgehead atoms. The van der Waals surface area contributed by atoms with E-state index in [1.807, 2.05) is 4.90 Å². The summed E-state index contributed by atoms with van der Waals surface area (Å²) >= 11 is 0. The van der Waals surface area contributed by atoms with Gasteiger partial charge in [-0.05, 0) is 31.4 Å². The highest BCUT2D eigenvalue weighted by atomic mass is 16.4. The molecular formula is C14H18N2O3. The second-order valence-corrected chi connectivity index (χ2v) is 4.82. The van der Waals surface area contributed by atoms with Gasteiger partial charge in [0, 0.05) is 18.8 Å². The maximum absolute atomic E-state index is 12.4. The number of carboxylic acids is 1. The van der Waals surface area contributed by atoms with Crippen LogP contribution in [0, 0.1) is 0 Å². The molecule has 1 heterocycles. The molecule has 5 nitrogen and oxygen atoms in total. The maximum Gasteiger partial charge on any atom is 0.354 e. The predicted octanol–water partition coefficient (Wildman–Crippen LogP) is 2.18. The third kappa shape index (κ3) is 3.30. The van der Waals surface area contributed by atoms with Crippen LogP contribution < -0.4 is 0 Å². The fourth-order valence-electron chi connectivity index (χ4n) is 1.98. The van der Waals surface area contributed by atoms with Gasteiger partial charge in [-0.25, -0.2) is 9.78 Å². The number of hydrogen-bond donors (Lipinski definition) is 1. The van der Waals surface area contributed by atoms with Gasteiger partial charge in [-0.2, -0.15) is 0 Å². The van der Waals surface area contributed by atoms with Gasteiger partial charge >= 0.3 is 5.97 Å². The SMILES string of the molecule is CCCCN(C(=O)c1ccc(C(=O)O)nc1)C1CC1. The highest BCUT2D eigenvalue weighted by Gasteiger charge is 2.32. The molecule has 1 N–H and O–H groups in total. The number of unbranched alkanes of at least 4 members (excludes halogenated alkanes) is 1. The minimum atomic E-state index is -1.08. The summed E-state index contributed by atoms with van der Waals surface area (Å²) < 4.78 is 0. The van der Waals surface area contributed by atoms with Gasteiger partial charge in [0.05, 0.1) is 5.56 Å². The highest BCUT2D eigenvalue weighted by molar-refractivity contribution is 5.95. The quantitative estimate of drug-likeness (QED) is 0.853. The number of hydrogen-bond acceptors (Lipinski definition) is 3. The Balaban J connectivity index is 2.09. The Morgan fingerprint density at radius 2 is 2.16 bits per heavy atom. The first-order chi connectivity index (χ1) is 9.13. The number of carbonyl (C=O) groups is 2. The Bertz CT molecular complexity index is 466. The van der Waals surface area contributed by atoms with Crippen LogP contribution in [0.15, 0.2) is 18.3 Å². The van der Waals surface area contributed by atoms with E-state index in [1.165, 1.54) is 12.3 Å². The lowest BCUT2D eigenvalue weighted by Gasteiger charge is -2.22. The largest absolute Gasteiger partial charge is 0.477 e. The molecule has 0 saturated heterocycles. The van der Waals surface area contributed by atoms with E-state index in [0.717, 1.165) is 32.2 Å². The van der Waals surface area contributed by atoms with Crippen LogP contribution in [0.2, 0.25) is 0 Å². The maximum atomic E-state index is 12.4. The van der Waals surface area contributed by atoms with Crippen LogP contribution in [-0.2, 0) is 0 Å². The van der Waals surface area contributed by atoms with E-state index < -0.39 is 5.97 Å². The van der Waals surface area contributed by atoms with E-state index in [1.54, 1.807) is 6.07 Å². The number of carbonyl (C=O) groups excluding carboxylic acids is 1. The molecule has 1 fully saturated rings. The normalized spacial score (nSPS) is 14.2. The Hall–Kier alpha value is -1.91. The van der Waals surface area contributed by atoms with Crippen molar-refractivity contribution in [3.05, 3.63) is 29.6 Å². The summed E-state index contributed by atoms with van der Waals surface area (Å²) in [4.78, 5) is 28.8. The number of nitrogens with zero attached hydrogens (tertiary/aromatic N) is 2. The van der Waals surface area contributed by atoms with Crippen LogP contribution in [0.4, 0.5) is 0 Å². The molecule has 19 heavy (non-hydrogen) atoms. The molecule has 1 amide bonds. The monoisotopic (exact) mass is 262 g/mol. The number of pyridine rings is 1. The molecule has 0 aliphatic heterocycles.